The van der Waals surface area contributed by atoms with Crippen LogP contribution in [0.5, 0.6) is 0 Å². The number of nitrogens with two attached hydrogens (primary N) is 1. The van der Waals surface area contributed by atoms with Crippen LogP contribution in [0.3, 0.4) is 0 Å². The van der Waals surface area contributed by atoms with Gasteiger partial charge in [-0.1, -0.05) is 24.1 Å². The van der Waals surface area contributed by atoms with Crippen molar-refractivity contribution in [2.24, 2.45) is 5.73 Å². The highest BCUT2D eigenvalue weighted by Crippen LogP contribution is 2.38. The minimum Gasteiger partial charge on any atom is -0.366 e. The zero-order valence-corrected chi connectivity index (χ0v) is 18.6. The van der Waals surface area contributed by atoms with Crippen molar-refractivity contribution in [2.45, 2.75) is 13.8 Å². The molecule has 2 heterocycles. The van der Waals surface area contributed by atoms with Crippen LogP contribution in [0.25, 0.3) is 22.0 Å². The van der Waals surface area contributed by atoms with Gasteiger partial charge in [-0.3, -0.25) is 14.4 Å². The summed E-state index contributed by atoms with van der Waals surface area (Å²) < 4.78 is 0. The second-order valence-electron chi connectivity index (χ2n) is 7.08. The van der Waals surface area contributed by atoms with Gasteiger partial charge in [-0.25, -0.2) is 4.98 Å². The van der Waals surface area contributed by atoms with Crippen LogP contribution in [0.2, 0.25) is 0 Å². The van der Waals surface area contributed by atoms with Crippen molar-refractivity contribution in [3.05, 3.63) is 64.2 Å². The summed E-state index contributed by atoms with van der Waals surface area (Å²) in [5.41, 5.74) is 9.81. The summed E-state index contributed by atoms with van der Waals surface area (Å²) >= 11 is 1.25. The molecular weight excluding hydrogens is 438 g/mol. The minimum absolute atomic E-state index is 0.293. The van der Waals surface area contributed by atoms with Gasteiger partial charge in [0.05, 0.1) is 16.8 Å². The zero-order chi connectivity index (χ0) is 23.5. The normalized spacial score (nSPS) is 10.4. The first-order chi connectivity index (χ1) is 15.9. The summed E-state index contributed by atoms with van der Waals surface area (Å²) in [7, 11) is 0. The molecule has 0 fully saturated rings. The van der Waals surface area contributed by atoms with Gasteiger partial charge in [0.2, 0.25) is 0 Å². The first-order valence-electron chi connectivity index (χ1n) is 9.89. The smallest absolute Gasteiger partial charge is 0.300 e. The molecule has 0 unspecified atom stereocenters. The van der Waals surface area contributed by atoms with Gasteiger partial charge in [-0.2, -0.15) is 0 Å². The molecule has 0 radical (unpaired) electrons. The Kier molecular flexibility index (Phi) is 5.93. The Bertz CT molecular complexity index is 1460. The van der Waals surface area contributed by atoms with Crippen molar-refractivity contribution in [1.29, 1.82) is 0 Å². The van der Waals surface area contributed by atoms with Gasteiger partial charge >= 0.3 is 0 Å². The summed E-state index contributed by atoms with van der Waals surface area (Å²) in [5, 5.41) is 8.36. The molecule has 9 heteroatoms. The van der Waals surface area contributed by atoms with Crippen LogP contribution in [0, 0.1) is 18.8 Å². The minimum atomic E-state index is -0.596. The predicted molar refractivity (Wildman–Crippen MR) is 129 cm³/mol. The number of carbonyl (C=O) groups excluding carboxylic acids is 3. The first kappa shape index (κ1) is 21.8. The third-order valence-electron chi connectivity index (χ3n) is 5.09. The topological polar surface area (TPSA) is 130 Å². The number of nitrogens with zero attached hydrogens (tertiary/aromatic N) is 1. The third kappa shape index (κ3) is 4.20. The van der Waals surface area contributed by atoms with E-state index in [1.807, 2.05) is 19.1 Å². The van der Waals surface area contributed by atoms with Crippen LogP contribution < -0.4 is 16.4 Å². The second-order valence-corrected chi connectivity index (χ2v) is 7.97. The molecule has 0 aliphatic rings. The van der Waals surface area contributed by atoms with Crippen molar-refractivity contribution >= 4 is 51.3 Å². The summed E-state index contributed by atoms with van der Waals surface area (Å²) in [5.74, 6) is 3.63. The quantitative estimate of drug-likeness (QED) is 0.339. The van der Waals surface area contributed by atoms with Crippen LogP contribution in [0.15, 0.2) is 48.1 Å². The largest absolute Gasteiger partial charge is 0.366 e. The lowest BCUT2D eigenvalue weighted by molar-refractivity contribution is -0.111. The van der Waals surface area contributed by atoms with Crippen molar-refractivity contribution in [3.63, 3.8) is 0 Å². The Morgan fingerprint density at radius 1 is 1.09 bits per heavy atom. The van der Waals surface area contributed by atoms with Gasteiger partial charge < -0.3 is 21.4 Å². The average molecular weight is 458 g/mol. The van der Waals surface area contributed by atoms with E-state index in [2.05, 4.69) is 32.4 Å². The number of fused-ring (bicyclic) bond motifs is 1. The Balaban J connectivity index is 1.85. The molecule has 0 saturated heterocycles. The van der Waals surface area contributed by atoms with E-state index in [0.717, 1.165) is 16.7 Å². The van der Waals surface area contributed by atoms with Gasteiger partial charge in [0, 0.05) is 28.8 Å². The predicted octanol–water partition coefficient (Wildman–Crippen LogP) is 3.91. The summed E-state index contributed by atoms with van der Waals surface area (Å²) in [6, 6.07) is 8.93. The number of rotatable bonds is 5. The molecule has 0 saturated carbocycles. The van der Waals surface area contributed by atoms with E-state index >= 15 is 0 Å². The number of amides is 3. The fraction of sp³-hybridized carbons (Fsp3) is 0.0833. The molecule has 2 aromatic heterocycles. The Morgan fingerprint density at radius 3 is 2.61 bits per heavy atom. The summed E-state index contributed by atoms with van der Waals surface area (Å²) in [6.07, 6.45) is 3.17. The number of hydrogen-bond donors (Lipinski definition) is 4. The van der Waals surface area contributed by atoms with Crippen LogP contribution in [-0.4, -0.2) is 27.7 Å². The molecule has 8 nitrogen and oxygen atoms in total. The Hall–Kier alpha value is -4.42. The number of H-pyrrole nitrogens is 1. The number of anilines is 2. The van der Waals surface area contributed by atoms with Gasteiger partial charge in [-0.05, 0) is 48.6 Å². The van der Waals surface area contributed by atoms with Crippen LogP contribution in [0.4, 0.5) is 11.4 Å². The maximum Gasteiger partial charge on any atom is 0.300 e. The van der Waals surface area contributed by atoms with Crippen LogP contribution in [-0.2, 0) is 4.79 Å². The maximum absolute atomic E-state index is 12.5. The highest BCUT2D eigenvalue weighted by molar-refractivity contribution is 7.11. The number of hydrogen-bond acceptors (Lipinski definition) is 5. The summed E-state index contributed by atoms with van der Waals surface area (Å²) in [6.45, 7) is 3.45. The molecule has 0 atom stereocenters. The first-order valence-corrected chi connectivity index (χ1v) is 10.8. The van der Waals surface area contributed by atoms with Crippen molar-refractivity contribution in [3.8, 4) is 23.0 Å². The number of primary amides is 1. The van der Waals surface area contributed by atoms with Crippen LogP contribution in [0.1, 0.15) is 32.6 Å². The monoisotopic (exact) mass is 457 g/mol. The number of aromatic nitrogens is 2. The summed E-state index contributed by atoms with van der Waals surface area (Å²) in [4.78, 5) is 43.7. The Morgan fingerprint density at radius 2 is 1.91 bits per heavy atom. The van der Waals surface area contributed by atoms with Gasteiger partial charge in [0.15, 0.2) is 5.01 Å². The number of benzene rings is 2. The second kappa shape index (κ2) is 8.98. The van der Waals surface area contributed by atoms with E-state index in [0.29, 0.717) is 32.8 Å². The van der Waals surface area contributed by atoms with E-state index < -0.39 is 11.8 Å². The molecule has 4 aromatic rings. The molecular formula is C24H19N5O3S. The molecule has 4 rings (SSSR count). The highest BCUT2D eigenvalue weighted by Gasteiger charge is 2.19. The zero-order valence-electron chi connectivity index (χ0n) is 17.8. The number of aromatic amines is 1. The highest BCUT2D eigenvalue weighted by atomic mass is 32.1. The van der Waals surface area contributed by atoms with E-state index in [1.165, 1.54) is 11.3 Å². The molecule has 0 bridgehead atoms. The fourth-order valence-corrected chi connectivity index (χ4v) is 4.15. The number of thiazole rings is 1. The van der Waals surface area contributed by atoms with Crippen molar-refractivity contribution in [2.75, 3.05) is 10.6 Å². The van der Waals surface area contributed by atoms with Crippen LogP contribution >= 0.6 is 11.3 Å². The molecule has 0 aliphatic carbocycles. The van der Waals surface area contributed by atoms with E-state index in [4.69, 9.17) is 5.73 Å². The average Bonchev–Trinajstić information content (AvgIpc) is 3.46. The Labute approximate surface area is 193 Å². The molecule has 5 N–H and O–H groups in total. The maximum atomic E-state index is 12.5. The lowest BCUT2D eigenvalue weighted by Crippen LogP contribution is -2.13. The molecule has 2 aromatic carbocycles. The number of nitrogens with one attached hydrogen (secondary N) is 3. The SMILES string of the molecule is CC#CC(=O)Nc1c[nH]c2c(C(N)=O)ccc(-c3cccc(NC(=O)c4nccs4)c3C)c12. The van der Waals surface area contributed by atoms with E-state index in [9.17, 15) is 14.4 Å². The lowest BCUT2D eigenvalue weighted by atomic mass is 9.94. The molecule has 3 amide bonds. The van der Waals surface area contributed by atoms with Crippen molar-refractivity contribution in [1.82, 2.24) is 9.97 Å². The van der Waals surface area contributed by atoms with Crippen molar-refractivity contribution < 1.29 is 14.4 Å². The van der Waals surface area contributed by atoms with Gasteiger partial charge in [0.1, 0.15) is 0 Å². The number of carbonyl (C=O) groups is 3. The van der Waals surface area contributed by atoms with E-state index in [1.54, 1.807) is 42.9 Å². The molecule has 164 valence electrons. The van der Waals surface area contributed by atoms with Gasteiger partial charge in [-0.15, -0.1) is 11.3 Å². The van der Waals surface area contributed by atoms with E-state index in [-0.39, 0.29) is 5.91 Å². The molecule has 0 aliphatic heterocycles. The fourth-order valence-electron chi connectivity index (χ4n) is 3.62. The van der Waals surface area contributed by atoms with Gasteiger partial charge in [0.25, 0.3) is 17.7 Å². The molecule has 0 spiro atoms. The third-order valence-corrected chi connectivity index (χ3v) is 5.86. The standard InChI is InChI=1S/C24H19N5O3S/c1-3-5-19(30)28-18-12-27-21-16(22(25)31)9-8-15(20(18)21)14-6-4-7-17(13(14)2)29-23(32)24-26-10-11-33-24/h4,6-12,27H,1-2H3,(H2,25,31)(H,28,30)(H,29,32). The lowest BCUT2D eigenvalue weighted by Gasteiger charge is -2.15. The molecule has 33 heavy (non-hydrogen) atoms.